The number of aliphatic imine (C=N–C) groups is 1. The van der Waals surface area contributed by atoms with Gasteiger partial charge in [-0.3, -0.25) is 14.8 Å². The van der Waals surface area contributed by atoms with Gasteiger partial charge in [0.05, 0.1) is 5.69 Å². The van der Waals surface area contributed by atoms with Crippen molar-refractivity contribution in [1.82, 2.24) is 9.55 Å². The minimum Gasteiger partial charge on any atom is -0.493 e. The van der Waals surface area contributed by atoms with E-state index >= 15 is 0 Å². The van der Waals surface area contributed by atoms with E-state index in [2.05, 4.69) is 16.9 Å². The van der Waals surface area contributed by atoms with Gasteiger partial charge in [-0.2, -0.15) is 0 Å². The van der Waals surface area contributed by atoms with Gasteiger partial charge < -0.3 is 5.11 Å². The molecule has 0 spiro atoms. The topological polar surface area (TPSA) is 87.4 Å². The van der Waals surface area contributed by atoms with Gasteiger partial charge in [0.15, 0.2) is 0 Å². The first-order valence-corrected chi connectivity index (χ1v) is 8.81. The molecule has 0 radical (unpaired) electrons. The maximum Gasteiger partial charge on any atom is 0.335 e. The zero-order valence-corrected chi connectivity index (χ0v) is 15.0. The van der Waals surface area contributed by atoms with E-state index in [1.807, 2.05) is 6.92 Å². The summed E-state index contributed by atoms with van der Waals surface area (Å²) in [6.45, 7) is 4.08. The van der Waals surface area contributed by atoms with E-state index in [0.717, 1.165) is 30.3 Å². The minimum atomic E-state index is -0.802. The van der Waals surface area contributed by atoms with E-state index in [9.17, 15) is 19.1 Å². The first-order valence-electron chi connectivity index (χ1n) is 8.81. The van der Waals surface area contributed by atoms with E-state index in [-0.39, 0.29) is 17.3 Å². The molecule has 26 heavy (non-hydrogen) atoms. The van der Waals surface area contributed by atoms with Crippen molar-refractivity contribution < 1.29 is 9.50 Å². The van der Waals surface area contributed by atoms with Gasteiger partial charge in [0.2, 0.25) is 5.88 Å². The fourth-order valence-electron chi connectivity index (χ4n) is 2.63. The van der Waals surface area contributed by atoms with E-state index in [1.165, 1.54) is 36.9 Å². The summed E-state index contributed by atoms with van der Waals surface area (Å²) < 4.78 is 14.0. The lowest BCUT2D eigenvalue weighted by atomic mass is 10.1. The first-order chi connectivity index (χ1) is 12.4. The molecular formula is C19H24FN3O3. The number of halogens is 1. The molecule has 0 aliphatic rings. The molecule has 0 aliphatic heterocycles. The number of aromatic hydroxyl groups is 1. The number of unbranched alkanes of at least 4 members (excludes halogenated alkanes) is 3. The molecule has 140 valence electrons. The fourth-order valence-corrected chi connectivity index (χ4v) is 2.63. The van der Waals surface area contributed by atoms with Crippen LogP contribution in [0.15, 0.2) is 38.8 Å². The predicted octanol–water partition coefficient (Wildman–Crippen LogP) is 3.15. The number of nitrogens with zero attached hydrogens (tertiary/aromatic N) is 2. The highest BCUT2D eigenvalue weighted by Gasteiger charge is 2.14. The Hall–Kier alpha value is -2.70. The molecule has 0 amide bonds. The third-order valence-electron chi connectivity index (χ3n) is 4.14. The van der Waals surface area contributed by atoms with E-state index in [4.69, 9.17) is 0 Å². The quantitative estimate of drug-likeness (QED) is 0.559. The standard InChI is InChI=1S/C19H24FN3O3/c1-3-4-5-6-7-13(2)21-12-16-17(24)22-19(26)23(18(16)25)15-10-8-14(20)9-11-15/h8-13,25H,3-7H2,1-2H3,(H,22,24,26)/t13-/m1/s1. The van der Waals surface area contributed by atoms with Crippen LogP contribution in [0.3, 0.4) is 0 Å². The molecule has 0 aliphatic carbocycles. The van der Waals surface area contributed by atoms with Crippen LogP contribution in [0.25, 0.3) is 5.69 Å². The van der Waals surface area contributed by atoms with Gasteiger partial charge in [-0.25, -0.2) is 13.8 Å². The molecule has 0 bridgehead atoms. The van der Waals surface area contributed by atoms with Gasteiger partial charge in [-0.05, 0) is 37.6 Å². The van der Waals surface area contributed by atoms with Crippen molar-refractivity contribution in [2.24, 2.45) is 4.99 Å². The van der Waals surface area contributed by atoms with Gasteiger partial charge in [0, 0.05) is 12.3 Å². The summed E-state index contributed by atoms with van der Waals surface area (Å²) in [5.41, 5.74) is -1.38. The highest BCUT2D eigenvalue weighted by atomic mass is 19.1. The number of H-pyrrole nitrogens is 1. The van der Waals surface area contributed by atoms with E-state index in [0.29, 0.717) is 0 Å². The molecule has 1 atom stereocenters. The van der Waals surface area contributed by atoms with Crippen molar-refractivity contribution in [2.75, 3.05) is 0 Å². The zero-order chi connectivity index (χ0) is 19.1. The molecule has 7 heteroatoms. The summed E-state index contributed by atoms with van der Waals surface area (Å²) in [6, 6.07) is 5.01. The van der Waals surface area contributed by atoms with Crippen LogP contribution < -0.4 is 11.2 Å². The lowest BCUT2D eigenvalue weighted by Crippen LogP contribution is -2.31. The van der Waals surface area contributed by atoms with Gasteiger partial charge >= 0.3 is 5.69 Å². The zero-order valence-electron chi connectivity index (χ0n) is 15.0. The third-order valence-corrected chi connectivity index (χ3v) is 4.14. The molecule has 1 heterocycles. The largest absolute Gasteiger partial charge is 0.493 e. The monoisotopic (exact) mass is 361 g/mol. The Morgan fingerprint density at radius 1 is 1.23 bits per heavy atom. The maximum absolute atomic E-state index is 13.1. The van der Waals surface area contributed by atoms with Crippen molar-refractivity contribution in [3.63, 3.8) is 0 Å². The molecule has 2 rings (SSSR count). The van der Waals surface area contributed by atoms with Crippen molar-refractivity contribution in [1.29, 1.82) is 0 Å². The first kappa shape index (κ1) is 19.6. The van der Waals surface area contributed by atoms with Crippen molar-refractivity contribution in [2.45, 2.75) is 52.0 Å². The van der Waals surface area contributed by atoms with Crippen molar-refractivity contribution in [3.8, 4) is 11.6 Å². The molecule has 1 aromatic carbocycles. The summed E-state index contributed by atoms with van der Waals surface area (Å²) >= 11 is 0. The van der Waals surface area contributed by atoms with Crippen molar-refractivity contribution >= 4 is 6.21 Å². The van der Waals surface area contributed by atoms with E-state index < -0.39 is 22.9 Å². The lowest BCUT2D eigenvalue weighted by Gasteiger charge is -2.10. The molecule has 2 N–H and O–H groups in total. The lowest BCUT2D eigenvalue weighted by molar-refractivity contribution is 0.430. The second kappa shape index (κ2) is 9.12. The van der Waals surface area contributed by atoms with Crippen LogP contribution in [0, 0.1) is 5.82 Å². The van der Waals surface area contributed by atoms with Gasteiger partial charge in [-0.1, -0.05) is 32.6 Å². The van der Waals surface area contributed by atoms with Crippen LogP contribution in [0.1, 0.15) is 51.5 Å². The molecule has 0 fully saturated rings. The highest BCUT2D eigenvalue weighted by Crippen LogP contribution is 2.16. The second-order valence-corrected chi connectivity index (χ2v) is 6.28. The Morgan fingerprint density at radius 2 is 1.92 bits per heavy atom. The van der Waals surface area contributed by atoms with Gasteiger partial charge in [0.1, 0.15) is 11.4 Å². The van der Waals surface area contributed by atoms with Crippen LogP contribution >= 0.6 is 0 Å². The Bertz CT molecular complexity index is 869. The Morgan fingerprint density at radius 3 is 2.58 bits per heavy atom. The molecule has 1 aromatic heterocycles. The molecule has 0 unspecified atom stereocenters. The number of nitrogens with one attached hydrogen (secondary N) is 1. The molecule has 2 aromatic rings. The molecule has 0 saturated heterocycles. The normalized spacial score (nSPS) is 12.6. The van der Waals surface area contributed by atoms with Crippen molar-refractivity contribution in [3.05, 3.63) is 56.5 Å². The fraction of sp³-hybridized carbons (Fsp3) is 0.421. The average Bonchev–Trinajstić information content (AvgIpc) is 2.60. The maximum atomic E-state index is 13.1. The van der Waals surface area contributed by atoms with Crippen LogP contribution in [0.2, 0.25) is 0 Å². The smallest absolute Gasteiger partial charge is 0.335 e. The summed E-state index contributed by atoms with van der Waals surface area (Å²) in [5, 5.41) is 10.4. The second-order valence-electron chi connectivity index (χ2n) is 6.28. The SMILES string of the molecule is CCCCCC[C@@H](C)N=Cc1c(O)n(-c2ccc(F)cc2)c(=O)[nH]c1=O. The number of benzene rings is 1. The number of aromatic amines is 1. The van der Waals surface area contributed by atoms with E-state index in [1.54, 1.807) is 0 Å². The van der Waals surface area contributed by atoms with Gasteiger partial charge in [0.25, 0.3) is 5.56 Å². The Balaban J connectivity index is 2.28. The summed E-state index contributed by atoms with van der Waals surface area (Å²) in [6.07, 6.45) is 6.69. The third kappa shape index (κ3) is 4.91. The summed E-state index contributed by atoms with van der Waals surface area (Å²) in [4.78, 5) is 30.5. The molecular weight excluding hydrogens is 337 g/mol. The number of aromatic nitrogens is 2. The molecule has 6 nitrogen and oxygen atoms in total. The Kier molecular flexibility index (Phi) is 6.89. The Labute approximate surface area is 151 Å². The number of hydrogen-bond acceptors (Lipinski definition) is 4. The van der Waals surface area contributed by atoms with Crippen LogP contribution in [0.5, 0.6) is 5.88 Å². The minimum absolute atomic E-state index is 0.00291. The molecule has 0 saturated carbocycles. The average molecular weight is 361 g/mol. The number of rotatable bonds is 8. The summed E-state index contributed by atoms with van der Waals surface area (Å²) in [5.74, 6) is -0.989. The highest BCUT2D eigenvalue weighted by molar-refractivity contribution is 5.82. The number of hydrogen-bond donors (Lipinski definition) is 2. The van der Waals surface area contributed by atoms with Crippen LogP contribution in [-0.4, -0.2) is 26.9 Å². The van der Waals surface area contributed by atoms with Crippen LogP contribution in [-0.2, 0) is 0 Å². The predicted molar refractivity (Wildman–Crippen MR) is 100 cm³/mol. The summed E-state index contributed by atoms with van der Waals surface area (Å²) in [7, 11) is 0. The van der Waals surface area contributed by atoms with Crippen LogP contribution in [0.4, 0.5) is 4.39 Å². The van der Waals surface area contributed by atoms with Gasteiger partial charge in [-0.15, -0.1) is 0 Å².